The third-order valence-corrected chi connectivity index (χ3v) is 15.0. The van der Waals surface area contributed by atoms with Crippen LogP contribution in [0.3, 0.4) is 0 Å². The van der Waals surface area contributed by atoms with Crippen LogP contribution in [0.5, 0.6) is 5.75 Å². The van der Waals surface area contributed by atoms with Gasteiger partial charge in [-0.3, -0.25) is 0 Å². The molecule has 2 nitrogen and oxygen atoms in total. The molecule has 0 unspecified atom stereocenters. The van der Waals surface area contributed by atoms with Crippen LogP contribution in [0.2, 0.25) is 18.1 Å². The van der Waals surface area contributed by atoms with E-state index >= 15 is 0 Å². The van der Waals surface area contributed by atoms with Gasteiger partial charge in [-0.1, -0.05) is 40.3 Å². The fraction of sp³-hybridized carbons (Fsp3) is 0.714. The molecule has 0 radical (unpaired) electrons. The molecule has 31 heavy (non-hydrogen) atoms. The standard InChI is InChI=1S/C28H42O2Si/c1-18-8-10-20-17-25-24-12-9-19-16-21(30-31(6,7)26(2,3)4)11-13-22(19)23(24)14-15-27(25,5)28(18,20)29/h11,13,16,20,23-25,29H,1,8-10,12,14-15,17H2,2-7H3/t20-,23+,24+,25-,27-,28+/m0/s1. The first-order valence-electron chi connectivity index (χ1n) is 12.6. The molecule has 0 spiro atoms. The van der Waals surface area contributed by atoms with Crippen LogP contribution in [0.15, 0.2) is 30.4 Å². The van der Waals surface area contributed by atoms with Crippen LogP contribution in [0.4, 0.5) is 0 Å². The molecule has 3 fully saturated rings. The molecule has 1 aromatic carbocycles. The first-order chi connectivity index (χ1) is 14.4. The average molecular weight is 439 g/mol. The first-order valence-corrected chi connectivity index (χ1v) is 15.5. The maximum atomic E-state index is 11.8. The van der Waals surface area contributed by atoms with Crippen molar-refractivity contribution in [2.24, 2.45) is 23.2 Å². The molecular weight excluding hydrogens is 396 g/mol. The van der Waals surface area contributed by atoms with Gasteiger partial charge in [-0.2, -0.15) is 0 Å². The van der Waals surface area contributed by atoms with Crippen LogP contribution < -0.4 is 4.43 Å². The van der Waals surface area contributed by atoms with Gasteiger partial charge in [0, 0.05) is 5.41 Å². The Labute approximate surface area is 190 Å². The smallest absolute Gasteiger partial charge is 0.250 e. The van der Waals surface area contributed by atoms with Gasteiger partial charge in [-0.25, -0.2) is 0 Å². The monoisotopic (exact) mass is 438 g/mol. The minimum Gasteiger partial charge on any atom is -0.543 e. The fourth-order valence-electron chi connectivity index (χ4n) is 7.80. The Morgan fingerprint density at radius 2 is 1.87 bits per heavy atom. The van der Waals surface area contributed by atoms with Crippen LogP contribution in [-0.4, -0.2) is 19.0 Å². The van der Waals surface area contributed by atoms with Crippen LogP contribution in [0.25, 0.3) is 0 Å². The summed E-state index contributed by atoms with van der Waals surface area (Å²) in [4.78, 5) is 0. The van der Waals surface area contributed by atoms with E-state index in [1.807, 2.05) is 0 Å². The Kier molecular flexibility index (Phi) is 4.72. The Morgan fingerprint density at radius 3 is 2.58 bits per heavy atom. The van der Waals surface area contributed by atoms with Gasteiger partial charge in [-0.05, 0) is 116 Å². The summed E-state index contributed by atoms with van der Waals surface area (Å²) in [5, 5.41) is 12.1. The molecular formula is C28H42O2Si. The average Bonchev–Trinajstić information content (AvgIpc) is 3.10. The number of fused-ring (bicyclic) bond motifs is 7. The fourth-order valence-corrected chi connectivity index (χ4v) is 8.82. The van der Waals surface area contributed by atoms with Crippen molar-refractivity contribution < 1.29 is 9.53 Å². The molecule has 6 atom stereocenters. The quantitative estimate of drug-likeness (QED) is 0.390. The van der Waals surface area contributed by atoms with E-state index < -0.39 is 13.9 Å². The number of benzene rings is 1. The second kappa shape index (κ2) is 6.73. The highest BCUT2D eigenvalue weighted by Gasteiger charge is 2.67. The van der Waals surface area contributed by atoms with Gasteiger partial charge in [-0.15, -0.1) is 0 Å². The summed E-state index contributed by atoms with van der Waals surface area (Å²) < 4.78 is 6.63. The van der Waals surface area contributed by atoms with E-state index in [2.05, 4.69) is 65.6 Å². The molecule has 170 valence electrons. The summed E-state index contributed by atoms with van der Waals surface area (Å²) in [5.74, 6) is 3.51. The van der Waals surface area contributed by atoms with Crippen molar-refractivity contribution >= 4 is 8.32 Å². The van der Waals surface area contributed by atoms with Gasteiger partial charge < -0.3 is 9.53 Å². The van der Waals surface area contributed by atoms with Crippen molar-refractivity contribution in [3.8, 4) is 5.75 Å². The molecule has 3 saturated carbocycles. The van der Waals surface area contributed by atoms with Crippen molar-refractivity contribution in [2.75, 3.05) is 0 Å². The summed E-state index contributed by atoms with van der Waals surface area (Å²) in [6, 6.07) is 6.99. The van der Waals surface area contributed by atoms with Crippen LogP contribution in [0.1, 0.15) is 83.3 Å². The highest BCUT2D eigenvalue weighted by Crippen LogP contribution is 2.70. The Morgan fingerprint density at radius 1 is 1.13 bits per heavy atom. The number of hydrogen-bond donors (Lipinski definition) is 1. The molecule has 0 bridgehead atoms. The summed E-state index contributed by atoms with van der Waals surface area (Å²) in [6.07, 6.45) is 8.12. The second-order valence-electron chi connectivity index (χ2n) is 12.9. The number of hydrogen-bond acceptors (Lipinski definition) is 2. The molecule has 0 amide bonds. The molecule has 3 heteroatoms. The predicted molar refractivity (Wildman–Crippen MR) is 131 cm³/mol. The first kappa shape index (κ1) is 21.8. The van der Waals surface area contributed by atoms with Crippen molar-refractivity contribution in [3.05, 3.63) is 41.5 Å². The number of aryl methyl sites for hydroxylation is 1. The third-order valence-electron chi connectivity index (χ3n) is 10.6. The SMILES string of the molecule is C=C1CC[C@H]2C[C@H]3[C@@H]4CCc5cc(O[Si](C)(C)C(C)(C)C)ccc5[C@H]4CC[C@]3(C)[C@@]12O. The lowest BCUT2D eigenvalue weighted by Gasteiger charge is -2.53. The van der Waals surface area contributed by atoms with E-state index in [1.165, 1.54) is 24.8 Å². The lowest BCUT2D eigenvalue weighted by Crippen LogP contribution is -2.52. The lowest BCUT2D eigenvalue weighted by molar-refractivity contribution is -0.0859. The molecule has 5 rings (SSSR count). The Balaban J connectivity index is 1.42. The summed E-state index contributed by atoms with van der Waals surface area (Å²) >= 11 is 0. The van der Waals surface area contributed by atoms with Crippen LogP contribution >= 0.6 is 0 Å². The van der Waals surface area contributed by atoms with Gasteiger partial charge in [0.25, 0.3) is 0 Å². The van der Waals surface area contributed by atoms with Crippen molar-refractivity contribution in [1.82, 2.24) is 0 Å². The molecule has 0 aromatic heterocycles. The zero-order chi connectivity index (χ0) is 22.4. The van der Waals surface area contributed by atoms with E-state index in [1.54, 1.807) is 5.56 Å². The molecule has 4 aliphatic rings. The number of aliphatic hydroxyl groups is 1. The molecule has 4 aliphatic carbocycles. The largest absolute Gasteiger partial charge is 0.543 e. The zero-order valence-electron chi connectivity index (χ0n) is 20.6. The van der Waals surface area contributed by atoms with Gasteiger partial charge in [0.05, 0.1) is 5.60 Å². The van der Waals surface area contributed by atoms with E-state index in [4.69, 9.17) is 4.43 Å². The molecule has 0 heterocycles. The van der Waals surface area contributed by atoms with Crippen LogP contribution in [0, 0.1) is 23.2 Å². The van der Waals surface area contributed by atoms with Gasteiger partial charge in [0.1, 0.15) is 5.75 Å². The van der Waals surface area contributed by atoms with Crippen molar-refractivity contribution in [3.63, 3.8) is 0 Å². The Bertz CT molecular complexity index is 912. The molecule has 0 saturated heterocycles. The van der Waals surface area contributed by atoms with Crippen molar-refractivity contribution in [1.29, 1.82) is 0 Å². The maximum absolute atomic E-state index is 11.8. The summed E-state index contributed by atoms with van der Waals surface area (Å²) in [5.41, 5.74) is 3.63. The Hall–Kier alpha value is -1.06. The van der Waals surface area contributed by atoms with Gasteiger partial charge in [0.15, 0.2) is 0 Å². The highest BCUT2D eigenvalue weighted by molar-refractivity contribution is 6.74. The van der Waals surface area contributed by atoms with Crippen LogP contribution in [-0.2, 0) is 6.42 Å². The van der Waals surface area contributed by atoms with Gasteiger partial charge in [0.2, 0.25) is 8.32 Å². The topological polar surface area (TPSA) is 29.5 Å². The van der Waals surface area contributed by atoms with E-state index in [9.17, 15) is 5.11 Å². The lowest BCUT2D eigenvalue weighted by atomic mass is 9.52. The predicted octanol–water partition coefficient (Wildman–Crippen LogP) is 7.23. The third kappa shape index (κ3) is 2.91. The van der Waals surface area contributed by atoms with E-state index in [-0.39, 0.29) is 10.5 Å². The van der Waals surface area contributed by atoms with E-state index in [0.717, 1.165) is 37.0 Å². The van der Waals surface area contributed by atoms with Gasteiger partial charge >= 0.3 is 0 Å². The highest BCUT2D eigenvalue weighted by atomic mass is 28.4. The maximum Gasteiger partial charge on any atom is 0.250 e. The molecule has 1 aromatic rings. The minimum atomic E-state index is -1.82. The second-order valence-corrected chi connectivity index (χ2v) is 17.7. The normalized spacial score (nSPS) is 39.5. The molecule has 0 aliphatic heterocycles. The summed E-state index contributed by atoms with van der Waals surface area (Å²) in [6.45, 7) is 18.3. The zero-order valence-corrected chi connectivity index (χ0v) is 21.6. The minimum absolute atomic E-state index is 0.0231. The van der Waals surface area contributed by atoms with E-state index in [0.29, 0.717) is 23.7 Å². The molecule has 1 N–H and O–H groups in total. The summed E-state index contributed by atoms with van der Waals surface area (Å²) in [7, 11) is -1.82. The van der Waals surface area contributed by atoms with Crippen molar-refractivity contribution in [2.45, 2.75) is 102 Å². The number of rotatable bonds is 2.